The predicted octanol–water partition coefficient (Wildman–Crippen LogP) is 5.38. The van der Waals surface area contributed by atoms with Gasteiger partial charge in [-0.1, -0.05) is 12.1 Å². The third-order valence-electron chi connectivity index (χ3n) is 6.42. The van der Waals surface area contributed by atoms with Crippen LogP contribution in [0.15, 0.2) is 30.5 Å². The average molecular weight is 489 g/mol. The maximum Gasteiger partial charge on any atom is 0.408 e. The summed E-state index contributed by atoms with van der Waals surface area (Å²) < 4.78 is 13.4. The summed E-state index contributed by atoms with van der Waals surface area (Å²) in [5, 5.41) is 7.54. The number of benzene rings is 1. The minimum absolute atomic E-state index is 0.181. The standard InChI is InChI=1S/C27H32N6O3/c1-15-22(16(2)33(6)32-15)24-30-23-18(11-12-28-25(23)31-24)17-9-10-19-20(8-7-13-35-21(19)14-17)29-26(34)36-27(3,4)5/h9-12,14,20H,7-8,13H2,1-6H3,(H,29,34)(H,28,30,31). The second-order valence-electron chi connectivity index (χ2n) is 10.3. The molecule has 2 N–H and O–H groups in total. The quantitative estimate of drug-likeness (QED) is 0.401. The van der Waals surface area contributed by atoms with Gasteiger partial charge in [0.25, 0.3) is 0 Å². The number of pyridine rings is 1. The number of nitrogens with zero attached hydrogens (tertiary/aromatic N) is 4. The Kier molecular flexibility index (Phi) is 5.94. The van der Waals surface area contributed by atoms with E-state index in [1.165, 1.54) is 0 Å². The van der Waals surface area contributed by atoms with Gasteiger partial charge in [0.1, 0.15) is 17.2 Å². The average Bonchev–Trinajstić information content (AvgIpc) is 3.26. The molecule has 0 saturated heterocycles. The lowest BCUT2D eigenvalue weighted by atomic mass is 9.98. The van der Waals surface area contributed by atoms with E-state index in [-0.39, 0.29) is 6.04 Å². The first-order valence-corrected chi connectivity index (χ1v) is 12.2. The van der Waals surface area contributed by atoms with Crippen molar-refractivity contribution in [2.45, 2.75) is 59.1 Å². The molecule has 4 aromatic rings. The summed E-state index contributed by atoms with van der Waals surface area (Å²) >= 11 is 0. The van der Waals surface area contributed by atoms with E-state index in [2.05, 4.69) is 20.4 Å². The molecule has 0 spiro atoms. The van der Waals surface area contributed by atoms with E-state index in [0.29, 0.717) is 12.3 Å². The summed E-state index contributed by atoms with van der Waals surface area (Å²) in [5.74, 6) is 1.51. The molecule has 1 aliphatic rings. The van der Waals surface area contributed by atoms with E-state index in [1.54, 1.807) is 6.20 Å². The molecular weight excluding hydrogens is 456 g/mol. The highest BCUT2D eigenvalue weighted by molar-refractivity contribution is 5.92. The molecule has 5 rings (SSSR count). The SMILES string of the molecule is Cc1nn(C)c(C)c1-c1nc2nccc(-c3ccc4c(c3)OCCCC4NC(=O)OC(C)(C)C)c2[nH]1. The third-order valence-corrected chi connectivity index (χ3v) is 6.42. The lowest BCUT2D eigenvalue weighted by Gasteiger charge is -2.23. The van der Waals surface area contributed by atoms with Crippen LogP contribution in [0.2, 0.25) is 0 Å². The Hall–Kier alpha value is -3.88. The van der Waals surface area contributed by atoms with E-state index in [1.807, 2.05) is 70.6 Å². The van der Waals surface area contributed by atoms with Gasteiger partial charge in [0.2, 0.25) is 0 Å². The van der Waals surface area contributed by atoms with Gasteiger partial charge < -0.3 is 19.8 Å². The second-order valence-corrected chi connectivity index (χ2v) is 10.3. The van der Waals surface area contributed by atoms with Crippen LogP contribution in [0.5, 0.6) is 5.75 Å². The van der Waals surface area contributed by atoms with Crippen molar-refractivity contribution in [2.75, 3.05) is 6.61 Å². The monoisotopic (exact) mass is 488 g/mol. The fraction of sp³-hybridized carbons (Fsp3) is 0.407. The lowest BCUT2D eigenvalue weighted by molar-refractivity contribution is 0.0501. The van der Waals surface area contributed by atoms with Crippen molar-refractivity contribution in [2.24, 2.45) is 7.05 Å². The van der Waals surface area contributed by atoms with Crippen molar-refractivity contribution in [1.29, 1.82) is 0 Å². The molecule has 1 atom stereocenters. The number of alkyl carbamates (subject to hydrolysis) is 1. The van der Waals surface area contributed by atoms with Crippen LogP contribution < -0.4 is 10.1 Å². The Morgan fingerprint density at radius 2 is 2.06 bits per heavy atom. The summed E-state index contributed by atoms with van der Waals surface area (Å²) in [4.78, 5) is 25.2. The first-order chi connectivity index (χ1) is 17.1. The molecule has 36 heavy (non-hydrogen) atoms. The van der Waals surface area contributed by atoms with Crippen LogP contribution in [-0.2, 0) is 11.8 Å². The van der Waals surface area contributed by atoms with Crippen LogP contribution in [0.25, 0.3) is 33.7 Å². The van der Waals surface area contributed by atoms with Crippen LogP contribution >= 0.6 is 0 Å². The van der Waals surface area contributed by atoms with Crippen molar-refractivity contribution < 1.29 is 14.3 Å². The molecule has 188 valence electrons. The normalized spacial score (nSPS) is 15.8. The number of aromatic amines is 1. The van der Waals surface area contributed by atoms with E-state index in [0.717, 1.165) is 63.6 Å². The summed E-state index contributed by atoms with van der Waals surface area (Å²) in [5.41, 5.74) is 6.78. The molecule has 9 nitrogen and oxygen atoms in total. The second kappa shape index (κ2) is 8.96. The topological polar surface area (TPSA) is 107 Å². The van der Waals surface area contributed by atoms with E-state index in [4.69, 9.17) is 14.5 Å². The Morgan fingerprint density at radius 3 is 2.78 bits per heavy atom. The highest BCUT2D eigenvalue weighted by Crippen LogP contribution is 2.37. The largest absolute Gasteiger partial charge is 0.493 e. The molecule has 1 unspecified atom stereocenters. The molecular formula is C27H32N6O3. The molecule has 3 aromatic heterocycles. The van der Waals surface area contributed by atoms with Gasteiger partial charge in [0, 0.05) is 30.1 Å². The number of aryl methyl sites for hydroxylation is 2. The zero-order valence-electron chi connectivity index (χ0n) is 21.6. The van der Waals surface area contributed by atoms with Crippen molar-refractivity contribution >= 4 is 17.3 Å². The van der Waals surface area contributed by atoms with E-state index < -0.39 is 11.7 Å². The maximum absolute atomic E-state index is 12.5. The van der Waals surface area contributed by atoms with Gasteiger partial charge in [-0.3, -0.25) is 4.68 Å². The molecule has 1 aliphatic heterocycles. The van der Waals surface area contributed by atoms with Crippen molar-refractivity contribution in [1.82, 2.24) is 30.0 Å². The smallest absolute Gasteiger partial charge is 0.408 e. The van der Waals surface area contributed by atoms with Crippen molar-refractivity contribution in [3.05, 3.63) is 47.4 Å². The fourth-order valence-electron chi connectivity index (χ4n) is 4.73. The Morgan fingerprint density at radius 1 is 1.25 bits per heavy atom. The Balaban J connectivity index is 1.51. The number of fused-ring (bicyclic) bond motifs is 2. The zero-order chi connectivity index (χ0) is 25.6. The van der Waals surface area contributed by atoms with Gasteiger partial charge >= 0.3 is 6.09 Å². The Bertz CT molecular complexity index is 1450. The molecule has 1 aromatic carbocycles. The first kappa shape index (κ1) is 23.8. The molecule has 0 saturated carbocycles. The third kappa shape index (κ3) is 4.53. The van der Waals surface area contributed by atoms with Crippen LogP contribution in [0.1, 0.15) is 56.6 Å². The molecule has 1 amide bonds. The highest BCUT2D eigenvalue weighted by Gasteiger charge is 2.25. The molecule has 0 bridgehead atoms. The number of aromatic nitrogens is 5. The number of amides is 1. The molecule has 0 aliphatic carbocycles. The zero-order valence-corrected chi connectivity index (χ0v) is 21.6. The molecule has 4 heterocycles. The summed E-state index contributed by atoms with van der Waals surface area (Å²) in [6.07, 6.45) is 2.95. The number of H-pyrrole nitrogens is 1. The van der Waals surface area contributed by atoms with Crippen molar-refractivity contribution in [3.63, 3.8) is 0 Å². The fourth-order valence-corrected chi connectivity index (χ4v) is 4.73. The summed E-state index contributed by atoms with van der Waals surface area (Å²) in [6, 6.07) is 7.89. The van der Waals surface area contributed by atoms with Crippen molar-refractivity contribution in [3.8, 4) is 28.3 Å². The van der Waals surface area contributed by atoms with Crippen LogP contribution in [0, 0.1) is 13.8 Å². The number of ether oxygens (including phenoxy) is 2. The first-order valence-electron chi connectivity index (χ1n) is 12.2. The lowest BCUT2D eigenvalue weighted by Crippen LogP contribution is -2.34. The Labute approximate surface area is 210 Å². The van der Waals surface area contributed by atoms with Gasteiger partial charge in [-0.2, -0.15) is 5.10 Å². The number of carbonyl (C=O) groups excluding carboxylic acids is 1. The van der Waals surface area contributed by atoms with Gasteiger partial charge in [0.05, 0.1) is 29.4 Å². The summed E-state index contributed by atoms with van der Waals surface area (Å²) in [6.45, 7) is 10.2. The van der Waals surface area contributed by atoms with Gasteiger partial charge in [-0.15, -0.1) is 0 Å². The number of hydrogen-bond donors (Lipinski definition) is 2. The minimum atomic E-state index is -0.555. The molecule has 0 fully saturated rings. The number of hydrogen-bond acceptors (Lipinski definition) is 6. The van der Waals surface area contributed by atoms with Crippen LogP contribution in [-0.4, -0.2) is 43.0 Å². The number of carbonyl (C=O) groups is 1. The molecule has 9 heteroatoms. The number of rotatable bonds is 3. The van der Waals surface area contributed by atoms with Crippen LogP contribution in [0.4, 0.5) is 4.79 Å². The predicted molar refractivity (Wildman–Crippen MR) is 138 cm³/mol. The minimum Gasteiger partial charge on any atom is -0.493 e. The van der Waals surface area contributed by atoms with Gasteiger partial charge in [-0.05, 0) is 65.2 Å². The number of imidazole rings is 1. The maximum atomic E-state index is 12.5. The van der Waals surface area contributed by atoms with Gasteiger partial charge in [-0.25, -0.2) is 14.8 Å². The van der Waals surface area contributed by atoms with Gasteiger partial charge in [0.15, 0.2) is 5.65 Å². The van der Waals surface area contributed by atoms with E-state index >= 15 is 0 Å². The summed E-state index contributed by atoms with van der Waals surface area (Å²) in [7, 11) is 1.93. The number of nitrogens with one attached hydrogen (secondary N) is 2. The molecule has 0 radical (unpaired) electrons. The highest BCUT2D eigenvalue weighted by atomic mass is 16.6. The van der Waals surface area contributed by atoms with Crippen LogP contribution in [0.3, 0.4) is 0 Å². The van der Waals surface area contributed by atoms with E-state index in [9.17, 15) is 4.79 Å².